The minimum Gasteiger partial charge on any atom is -0.372 e. The Labute approximate surface area is 111 Å². The van der Waals surface area contributed by atoms with Gasteiger partial charge in [0.05, 0.1) is 12.2 Å². The van der Waals surface area contributed by atoms with E-state index in [1.165, 1.54) is 71.1 Å². The first-order chi connectivity index (χ1) is 8.90. The SMILES string of the molecule is C1CCC(CNCCN2CC3CCC(C2)O3)CC1. The van der Waals surface area contributed by atoms with E-state index in [1.54, 1.807) is 0 Å². The number of morpholine rings is 1. The van der Waals surface area contributed by atoms with Gasteiger partial charge in [0.2, 0.25) is 0 Å². The molecule has 2 atom stereocenters. The molecule has 1 aliphatic carbocycles. The van der Waals surface area contributed by atoms with Crippen molar-refractivity contribution in [3.8, 4) is 0 Å². The molecule has 3 fully saturated rings. The van der Waals surface area contributed by atoms with Crippen molar-refractivity contribution in [2.45, 2.75) is 57.2 Å². The molecule has 0 aromatic heterocycles. The van der Waals surface area contributed by atoms with E-state index < -0.39 is 0 Å². The number of nitrogens with zero attached hydrogens (tertiary/aromatic N) is 1. The van der Waals surface area contributed by atoms with Crippen LogP contribution in [0.1, 0.15) is 44.9 Å². The lowest BCUT2D eigenvalue weighted by atomic mass is 9.89. The minimum absolute atomic E-state index is 0.544. The third kappa shape index (κ3) is 3.46. The highest BCUT2D eigenvalue weighted by molar-refractivity contribution is 4.84. The summed E-state index contributed by atoms with van der Waals surface area (Å²) in [5.74, 6) is 0.958. The van der Waals surface area contributed by atoms with E-state index in [-0.39, 0.29) is 0 Å². The Morgan fingerprint density at radius 1 is 0.944 bits per heavy atom. The highest BCUT2D eigenvalue weighted by atomic mass is 16.5. The average molecular weight is 252 g/mol. The van der Waals surface area contributed by atoms with E-state index in [9.17, 15) is 0 Å². The molecule has 3 nitrogen and oxygen atoms in total. The Balaban J connectivity index is 1.28. The lowest BCUT2D eigenvalue weighted by Gasteiger charge is -2.32. The molecular formula is C15H28N2O. The van der Waals surface area contributed by atoms with Crippen LogP contribution < -0.4 is 5.32 Å². The van der Waals surface area contributed by atoms with Crippen molar-refractivity contribution in [1.29, 1.82) is 0 Å². The van der Waals surface area contributed by atoms with Crippen LogP contribution in [0.3, 0.4) is 0 Å². The quantitative estimate of drug-likeness (QED) is 0.758. The molecule has 3 heteroatoms. The van der Waals surface area contributed by atoms with Gasteiger partial charge in [-0.1, -0.05) is 19.3 Å². The topological polar surface area (TPSA) is 24.5 Å². The molecule has 1 saturated carbocycles. The highest BCUT2D eigenvalue weighted by Gasteiger charge is 2.33. The molecule has 3 aliphatic rings. The molecule has 104 valence electrons. The number of rotatable bonds is 5. The molecule has 1 N–H and O–H groups in total. The molecule has 0 amide bonds. The Kier molecular flexibility index (Phi) is 4.55. The first-order valence-electron chi connectivity index (χ1n) is 7.98. The van der Waals surface area contributed by atoms with Crippen LogP contribution in [0.25, 0.3) is 0 Å². The second kappa shape index (κ2) is 6.36. The molecule has 0 radical (unpaired) electrons. The van der Waals surface area contributed by atoms with E-state index in [0.29, 0.717) is 12.2 Å². The Morgan fingerprint density at radius 2 is 1.67 bits per heavy atom. The zero-order chi connectivity index (χ0) is 12.2. The summed E-state index contributed by atoms with van der Waals surface area (Å²) in [4.78, 5) is 2.60. The van der Waals surface area contributed by atoms with Crippen LogP contribution in [0.5, 0.6) is 0 Å². The van der Waals surface area contributed by atoms with Crippen molar-refractivity contribution in [2.75, 3.05) is 32.7 Å². The third-order valence-corrected chi connectivity index (χ3v) is 4.88. The van der Waals surface area contributed by atoms with Gasteiger partial charge in [0.1, 0.15) is 0 Å². The molecule has 3 rings (SSSR count). The third-order valence-electron chi connectivity index (χ3n) is 4.88. The zero-order valence-corrected chi connectivity index (χ0v) is 11.6. The standard InChI is InChI=1S/C15H28N2O/c1-2-4-13(5-3-1)10-16-8-9-17-11-14-6-7-15(12-17)18-14/h13-16H,1-12H2. The van der Waals surface area contributed by atoms with Crippen LogP contribution in [-0.2, 0) is 4.74 Å². The monoisotopic (exact) mass is 252 g/mol. The predicted molar refractivity (Wildman–Crippen MR) is 73.8 cm³/mol. The molecule has 2 saturated heterocycles. The molecule has 18 heavy (non-hydrogen) atoms. The summed E-state index contributed by atoms with van der Waals surface area (Å²) >= 11 is 0. The number of likely N-dealkylation sites (tertiary alicyclic amines) is 1. The summed E-state index contributed by atoms with van der Waals surface area (Å²) in [7, 11) is 0. The fourth-order valence-corrected chi connectivity index (χ4v) is 3.82. The van der Waals surface area contributed by atoms with Crippen LogP contribution in [0.2, 0.25) is 0 Å². The Morgan fingerprint density at radius 3 is 2.39 bits per heavy atom. The Hall–Kier alpha value is -0.120. The first kappa shape index (κ1) is 12.9. The van der Waals surface area contributed by atoms with Gasteiger partial charge >= 0.3 is 0 Å². The number of nitrogens with one attached hydrogen (secondary N) is 1. The van der Waals surface area contributed by atoms with Gasteiger partial charge < -0.3 is 10.1 Å². The molecule has 2 heterocycles. The van der Waals surface area contributed by atoms with Crippen molar-refractivity contribution in [1.82, 2.24) is 10.2 Å². The van der Waals surface area contributed by atoms with E-state index in [2.05, 4.69) is 10.2 Å². The van der Waals surface area contributed by atoms with Crippen molar-refractivity contribution in [3.05, 3.63) is 0 Å². The molecule has 2 bridgehead atoms. The van der Waals surface area contributed by atoms with Gasteiger partial charge in [0, 0.05) is 26.2 Å². The number of fused-ring (bicyclic) bond motifs is 2. The van der Waals surface area contributed by atoms with Gasteiger partial charge in [-0.3, -0.25) is 4.90 Å². The lowest BCUT2D eigenvalue weighted by molar-refractivity contribution is -0.0377. The van der Waals surface area contributed by atoms with Crippen LogP contribution in [0.15, 0.2) is 0 Å². The molecule has 0 aromatic rings. The van der Waals surface area contributed by atoms with Crippen molar-refractivity contribution < 1.29 is 4.74 Å². The van der Waals surface area contributed by atoms with E-state index in [4.69, 9.17) is 4.74 Å². The van der Waals surface area contributed by atoms with Gasteiger partial charge in [-0.2, -0.15) is 0 Å². The normalized spacial score (nSPS) is 34.0. The van der Waals surface area contributed by atoms with E-state index >= 15 is 0 Å². The van der Waals surface area contributed by atoms with Crippen LogP contribution in [0, 0.1) is 5.92 Å². The van der Waals surface area contributed by atoms with Crippen molar-refractivity contribution in [2.24, 2.45) is 5.92 Å². The number of hydrogen-bond acceptors (Lipinski definition) is 3. The summed E-state index contributed by atoms with van der Waals surface area (Å²) < 4.78 is 5.87. The predicted octanol–water partition coefficient (Wildman–Crippen LogP) is 2.02. The van der Waals surface area contributed by atoms with E-state index in [1.807, 2.05) is 0 Å². The summed E-state index contributed by atoms with van der Waals surface area (Å²) in [6.07, 6.45) is 11.0. The molecule has 2 aliphatic heterocycles. The van der Waals surface area contributed by atoms with Gasteiger partial charge in [-0.15, -0.1) is 0 Å². The molecular weight excluding hydrogens is 224 g/mol. The highest BCUT2D eigenvalue weighted by Crippen LogP contribution is 2.26. The van der Waals surface area contributed by atoms with Crippen LogP contribution >= 0.6 is 0 Å². The first-order valence-corrected chi connectivity index (χ1v) is 7.98. The van der Waals surface area contributed by atoms with Gasteiger partial charge in [-0.05, 0) is 38.1 Å². The van der Waals surface area contributed by atoms with Gasteiger partial charge in [-0.25, -0.2) is 0 Å². The second-order valence-electron chi connectivity index (χ2n) is 6.43. The lowest BCUT2D eigenvalue weighted by Crippen LogP contribution is -2.45. The van der Waals surface area contributed by atoms with Crippen molar-refractivity contribution in [3.63, 3.8) is 0 Å². The van der Waals surface area contributed by atoms with Crippen molar-refractivity contribution >= 4 is 0 Å². The number of ether oxygens (including phenoxy) is 1. The average Bonchev–Trinajstić information content (AvgIpc) is 2.75. The maximum absolute atomic E-state index is 5.87. The van der Waals surface area contributed by atoms with E-state index in [0.717, 1.165) is 12.5 Å². The summed E-state index contributed by atoms with van der Waals surface area (Å²) in [6, 6.07) is 0. The molecule has 2 unspecified atom stereocenters. The minimum atomic E-state index is 0.544. The largest absolute Gasteiger partial charge is 0.372 e. The summed E-state index contributed by atoms with van der Waals surface area (Å²) in [5, 5.41) is 3.67. The fourth-order valence-electron chi connectivity index (χ4n) is 3.82. The number of hydrogen-bond donors (Lipinski definition) is 1. The molecule has 0 aromatic carbocycles. The van der Waals surface area contributed by atoms with Crippen LogP contribution in [0.4, 0.5) is 0 Å². The summed E-state index contributed by atoms with van der Waals surface area (Å²) in [5.41, 5.74) is 0. The van der Waals surface area contributed by atoms with Gasteiger partial charge in [0.15, 0.2) is 0 Å². The van der Waals surface area contributed by atoms with Crippen LogP contribution in [-0.4, -0.2) is 49.8 Å². The van der Waals surface area contributed by atoms with Gasteiger partial charge in [0.25, 0.3) is 0 Å². The maximum atomic E-state index is 5.87. The second-order valence-corrected chi connectivity index (χ2v) is 6.43. The fraction of sp³-hybridized carbons (Fsp3) is 1.00. The Bertz CT molecular complexity index is 241. The smallest absolute Gasteiger partial charge is 0.0707 e. The maximum Gasteiger partial charge on any atom is 0.0707 e. The molecule has 0 spiro atoms. The summed E-state index contributed by atoms with van der Waals surface area (Å²) in [6.45, 7) is 5.96. The zero-order valence-electron chi connectivity index (χ0n) is 11.6.